The molecule has 1 aliphatic rings. The zero-order chi connectivity index (χ0) is 17.0. The number of rotatable bonds is 7. The topological polar surface area (TPSA) is 140 Å². The van der Waals surface area contributed by atoms with Crippen molar-refractivity contribution in [2.75, 3.05) is 7.11 Å². The van der Waals surface area contributed by atoms with Crippen LogP contribution in [0.15, 0.2) is 22.3 Å². The first kappa shape index (κ1) is 16.9. The summed E-state index contributed by atoms with van der Waals surface area (Å²) in [5.41, 5.74) is -7.91. The largest absolute Gasteiger partial charge is 0.433 e. The zero-order valence-electron chi connectivity index (χ0n) is 11.2. The Morgan fingerprint density at radius 2 is 1.23 bits per heavy atom. The van der Waals surface area contributed by atoms with Gasteiger partial charge in [-0.25, -0.2) is 0 Å². The van der Waals surface area contributed by atoms with Crippen LogP contribution < -0.4 is 0 Å². The summed E-state index contributed by atoms with van der Waals surface area (Å²) in [6.07, 6.45) is -0.107. The van der Waals surface area contributed by atoms with Crippen LogP contribution in [0, 0.1) is 5.39 Å². The first-order chi connectivity index (χ1) is 10.5. The Labute approximate surface area is 123 Å². The molecule has 112 valence electrons. The molecule has 0 heterocycles. The molecule has 9 heteroatoms. The van der Waals surface area contributed by atoms with E-state index in [4.69, 9.17) is 10.1 Å². The molecule has 0 bridgehead atoms. The van der Waals surface area contributed by atoms with Crippen LogP contribution in [0.4, 0.5) is 0 Å². The first-order valence-corrected chi connectivity index (χ1v) is 5.68. The van der Waals surface area contributed by atoms with Crippen LogP contribution in [0.5, 0.6) is 0 Å². The van der Waals surface area contributed by atoms with Gasteiger partial charge in [0.25, 0.3) is 0 Å². The van der Waals surface area contributed by atoms with Crippen LogP contribution >= 0.6 is 0 Å². The average molecular weight is 305 g/mol. The number of hydrogen-bond acceptors (Lipinski definition) is 8. The normalized spacial score (nSPS) is 27.6. The molecule has 9 nitrogen and oxygen atoms in total. The summed E-state index contributed by atoms with van der Waals surface area (Å²) in [7, 11) is 0.955. The van der Waals surface area contributed by atoms with Crippen molar-refractivity contribution in [2.24, 2.45) is 0 Å². The molecule has 0 aliphatic heterocycles. The molecule has 0 unspecified atom stereocenters. The van der Waals surface area contributed by atoms with Crippen LogP contribution in [0.2, 0.25) is 0 Å². The molecular weight excluding hydrogens is 296 g/mol. The molecule has 22 heavy (non-hydrogen) atoms. The molecule has 0 aromatic carbocycles. The van der Waals surface area contributed by atoms with E-state index < -0.39 is 33.4 Å². The van der Waals surface area contributed by atoms with Gasteiger partial charge in [-0.15, -0.1) is 0 Å². The summed E-state index contributed by atoms with van der Waals surface area (Å²) < 4.78 is 4.88. The number of nitrogens with zero attached hydrogens (tertiary/aromatic N) is 2. The Bertz CT molecular complexity index is 643. The van der Waals surface area contributed by atoms with E-state index in [1.807, 2.05) is 0 Å². The van der Waals surface area contributed by atoms with E-state index in [-0.39, 0.29) is 37.7 Å². The highest BCUT2D eigenvalue weighted by atomic mass is 16.5. The maximum Gasteiger partial charge on any atom is 0.433 e. The van der Waals surface area contributed by atoms with Gasteiger partial charge in [-0.3, -0.25) is 28.8 Å². The van der Waals surface area contributed by atoms with E-state index in [1.54, 1.807) is 0 Å². The zero-order valence-corrected chi connectivity index (χ0v) is 11.2. The lowest BCUT2D eigenvalue weighted by atomic mass is 9.68. The van der Waals surface area contributed by atoms with Crippen LogP contribution in [-0.2, 0) is 33.5 Å². The lowest BCUT2D eigenvalue weighted by Gasteiger charge is -2.33. The number of diazo groups is 1. The third kappa shape index (κ3) is 1.78. The van der Waals surface area contributed by atoms with Crippen molar-refractivity contribution in [3.05, 3.63) is 27.3 Å². The molecule has 1 rings (SSSR count). The Kier molecular flexibility index (Phi) is 4.70. The monoisotopic (exact) mass is 305 g/mol. The van der Waals surface area contributed by atoms with Gasteiger partial charge < -0.3 is 4.74 Å². The summed E-state index contributed by atoms with van der Waals surface area (Å²) in [5, 5.41) is 9.13. The van der Waals surface area contributed by atoms with Gasteiger partial charge in [0.2, 0.25) is 11.7 Å². The van der Waals surface area contributed by atoms with Crippen molar-refractivity contribution in [1.82, 2.24) is 0 Å². The van der Waals surface area contributed by atoms with Crippen molar-refractivity contribution < 1.29 is 33.5 Å². The van der Waals surface area contributed by atoms with Crippen molar-refractivity contribution in [2.45, 2.75) is 11.1 Å². The smallest absolute Gasteiger partial charge is 0.361 e. The van der Waals surface area contributed by atoms with Crippen LogP contribution in [0.1, 0.15) is 0 Å². The molecule has 0 atom stereocenters. The molecule has 0 aromatic rings. The second kappa shape index (κ2) is 6.11. The first-order valence-electron chi connectivity index (χ1n) is 5.68. The van der Waals surface area contributed by atoms with Gasteiger partial charge >= 0.3 is 5.54 Å². The van der Waals surface area contributed by atoms with E-state index >= 15 is 0 Å². The minimum Gasteiger partial charge on any atom is -0.361 e. The number of aldehydes is 6. The minimum absolute atomic E-state index is 0.0101. The highest BCUT2D eigenvalue weighted by molar-refractivity contribution is 6.14. The molecule has 0 spiro atoms. The van der Waals surface area contributed by atoms with Gasteiger partial charge in [0, 0.05) is 7.11 Å². The number of methoxy groups -OCH3 is 1. The number of hydrogen-bond donors (Lipinski definition) is 0. The quantitative estimate of drug-likeness (QED) is 0.420. The molecule has 0 radical (unpaired) electrons. The molecular formula is C13H9N2O7+. The van der Waals surface area contributed by atoms with Gasteiger partial charge in [0.05, 0.1) is 11.1 Å². The summed E-state index contributed by atoms with van der Waals surface area (Å²) in [6, 6.07) is 0. The third-order valence-electron chi connectivity index (χ3n) is 3.49. The molecule has 0 aromatic heterocycles. The van der Waals surface area contributed by atoms with E-state index in [9.17, 15) is 28.8 Å². The molecule has 0 fully saturated rings. The lowest BCUT2D eigenvalue weighted by molar-refractivity contribution is -0.126. The fraction of sp³-hybridized carbons (Fsp3) is 0.231. The minimum atomic E-state index is -2.58. The van der Waals surface area contributed by atoms with Crippen LogP contribution in [-0.4, -0.2) is 56.0 Å². The maximum atomic E-state index is 11.4. The van der Waals surface area contributed by atoms with Gasteiger partial charge in [-0.2, -0.15) is 0 Å². The van der Waals surface area contributed by atoms with Gasteiger partial charge in [0.1, 0.15) is 28.7 Å². The van der Waals surface area contributed by atoms with Crippen molar-refractivity contribution >= 4 is 37.7 Å². The van der Waals surface area contributed by atoms with Gasteiger partial charge in [-0.1, -0.05) is 0 Å². The van der Waals surface area contributed by atoms with E-state index in [1.165, 1.54) is 0 Å². The molecule has 0 saturated carbocycles. The average Bonchev–Trinajstić information content (AvgIpc) is 2.58. The Morgan fingerprint density at radius 3 is 1.41 bits per heavy atom. The standard InChI is InChI=1S/C13H9N2O7/c1-22-13(7-21)10(4-18)8(2-16)12(6-20,15-14)9(3-17)11(13)5-19/h2-7H,1H3/q+1. The highest BCUT2D eigenvalue weighted by Gasteiger charge is 2.63. The number of carbonyl (C=O) groups excluding carboxylic acids is 6. The lowest BCUT2D eigenvalue weighted by Crippen LogP contribution is -2.51. The fourth-order valence-electron chi connectivity index (χ4n) is 2.36. The second-order valence-electron chi connectivity index (χ2n) is 4.17. The highest BCUT2D eigenvalue weighted by Crippen LogP contribution is 2.43. The predicted octanol–water partition coefficient (Wildman–Crippen LogP) is -1.24. The SMILES string of the molecule is COC1(C=O)C(C=O)=C(C=O)C(C=O)([N+]#N)C(C=O)=C1C=O. The third-order valence-corrected chi connectivity index (χ3v) is 3.49. The molecule has 1 aliphatic carbocycles. The van der Waals surface area contributed by atoms with Crippen LogP contribution in [0.25, 0.3) is 4.98 Å². The van der Waals surface area contributed by atoms with E-state index in [0.717, 1.165) is 7.11 Å². The summed E-state index contributed by atoms with van der Waals surface area (Å²) in [4.78, 5) is 70.7. The van der Waals surface area contributed by atoms with Gasteiger partial charge in [0.15, 0.2) is 24.5 Å². The van der Waals surface area contributed by atoms with Crippen molar-refractivity contribution in [3.63, 3.8) is 0 Å². The second-order valence-corrected chi connectivity index (χ2v) is 4.17. The van der Waals surface area contributed by atoms with Gasteiger partial charge in [-0.05, 0) is 0 Å². The Balaban J connectivity index is 4.19. The maximum absolute atomic E-state index is 11.4. The Morgan fingerprint density at radius 1 is 0.818 bits per heavy atom. The Hall–Kier alpha value is -3.12. The predicted molar refractivity (Wildman–Crippen MR) is 68.0 cm³/mol. The van der Waals surface area contributed by atoms with Crippen molar-refractivity contribution in [3.8, 4) is 0 Å². The van der Waals surface area contributed by atoms with Crippen LogP contribution in [0.3, 0.4) is 0 Å². The summed E-state index contributed by atoms with van der Waals surface area (Å²) in [5.74, 6) is 0. The molecule has 0 N–H and O–H groups in total. The van der Waals surface area contributed by atoms with E-state index in [2.05, 4.69) is 4.98 Å². The van der Waals surface area contributed by atoms with Crippen molar-refractivity contribution in [1.29, 1.82) is 5.39 Å². The molecule has 0 amide bonds. The van der Waals surface area contributed by atoms with E-state index in [0.29, 0.717) is 0 Å². The number of ether oxygens (including phenoxy) is 1. The summed E-state index contributed by atoms with van der Waals surface area (Å²) >= 11 is 0. The molecule has 0 saturated heterocycles. The fourth-order valence-corrected chi connectivity index (χ4v) is 2.36. The summed E-state index contributed by atoms with van der Waals surface area (Å²) in [6.45, 7) is 0. The number of carbonyl (C=O) groups is 6.